The Hall–Kier alpha value is -3.92. The maximum atomic E-state index is 8.38. The lowest BCUT2D eigenvalue weighted by molar-refractivity contribution is 0.667. The highest BCUT2D eigenvalue weighted by atomic mass is 16.3. The van der Waals surface area contributed by atoms with E-state index in [1.807, 2.05) is 62.4 Å². The first-order chi connectivity index (χ1) is 15.5. The van der Waals surface area contributed by atoms with Crippen LogP contribution < -0.4 is 0 Å². The van der Waals surface area contributed by atoms with Crippen LogP contribution in [0, 0.1) is 0 Å². The number of benzene rings is 3. The van der Waals surface area contributed by atoms with Gasteiger partial charge in [0.05, 0.1) is 17.3 Å². The average molecular weight is 404 g/mol. The van der Waals surface area contributed by atoms with E-state index >= 15 is 0 Å². The topological polar surface area (TPSA) is 43.9 Å². The summed E-state index contributed by atoms with van der Waals surface area (Å²) in [5.74, 6) is 0.120. The normalized spacial score (nSPS) is 12.6. The zero-order chi connectivity index (χ0) is 21.9. The van der Waals surface area contributed by atoms with Gasteiger partial charge in [0.25, 0.3) is 0 Å². The molecule has 4 heteroatoms. The molecule has 150 valence electrons. The zero-order valence-electron chi connectivity index (χ0n) is 18.3. The van der Waals surface area contributed by atoms with Crippen LogP contribution in [0.1, 0.15) is 26.7 Å². The molecule has 6 aromatic rings. The summed E-state index contributed by atoms with van der Waals surface area (Å²) in [5.41, 5.74) is 6.28. The maximum Gasteiger partial charge on any atom is 0.149 e. The first-order valence-electron chi connectivity index (χ1n) is 10.8. The van der Waals surface area contributed by atoms with Gasteiger partial charge in [-0.2, -0.15) is 0 Å². The molecule has 0 N–H and O–H groups in total. The number of aromatic nitrogens is 3. The molecular formula is C27H21N3O. The van der Waals surface area contributed by atoms with E-state index in [4.69, 9.17) is 10.8 Å². The highest BCUT2D eigenvalue weighted by Gasteiger charge is 2.19. The summed E-state index contributed by atoms with van der Waals surface area (Å²) in [6, 6.07) is 24.4. The summed E-state index contributed by atoms with van der Waals surface area (Å²) >= 11 is 0. The van der Waals surface area contributed by atoms with Crippen molar-refractivity contribution in [2.75, 3.05) is 0 Å². The molecule has 3 heterocycles. The number of hydrogen-bond donors (Lipinski definition) is 0. The lowest BCUT2D eigenvalue weighted by atomic mass is 10.0. The summed E-state index contributed by atoms with van der Waals surface area (Å²) in [6.45, 7) is 3.77. The number of nitrogens with zero attached hydrogens (tertiary/aromatic N) is 3. The molecule has 3 aromatic heterocycles. The predicted molar refractivity (Wildman–Crippen MR) is 126 cm³/mol. The molecule has 6 rings (SSSR count). The summed E-state index contributed by atoms with van der Waals surface area (Å²) in [7, 11) is 0. The molecule has 0 bridgehead atoms. The molecule has 3 aromatic carbocycles. The van der Waals surface area contributed by atoms with E-state index in [1.165, 1.54) is 0 Å². The summed E-state index contributed by atoms with van der Waals surface area (Å²) in [5, 5.41) is 2.08. The molecule has 0 aliphatic rings. The lowest BCUT2D eigenvalue weighted by Gasteiger charge is -2.09. The first kappa shape index (κ1) is 16.8. The minimum absolute atomic E-state index is 0.690. The molecule has 0 spiro atoms. The van der Waals surface area contributed by atoms with Crippen molar-refractivity contribution < 1.29 is 5.79 Å². The number of rotatable bonds is 3. The van der Waals surface area contributed by atoms with Gasteiger partial charge in [-0.15, -0.1) is 0 Å². The number of imidazole rings is 1. The van der Waals surface area contributed by atoms with Crippen molar-refractivity contribution in [1.82, 2.24) is 14.5 Å². The van der Waals surface area contributed by atoms with Crippen LogP contribution in [0.25, 0.3) is 50.0 Å². The lowest BCUT2D eigenvalue weighted by Crippen LogP contribution is -1.97. The van der Waals surface area contributed by atoms with Crippen molar-refractivity contribution in [3.05, 3.63) is 90.8 Å². The maximum absolute atomic E-state index is 8.38. The quantitative estimate of drug-likeness (QED) is 0.316. The van der Waals surface area contributed by atoms with Gasteiger partial charge in [-0.1, -0.05) is 56.3 Å². The van der Waals surface area contributed by atoms with E-state index in [0.717, 1.165) is 55.6 Å². The monoisotopic (exact) mass is 404 g/mol. The molecule has 0 fully saturated rings. The summed E-state index contributed by atoms with van der Waals surface area (Å²) in [4.78, 5) is 9.21. The second-order valence-corrected chi connectivity index (χ2v) is 7.97. The Balaban J connectivity index is 1.67. The Morgan fingerprint density at radius 1 is 0.935 bits per heavy atom. The van der Waals surface area contributed by atoms with Crippen molar-refractivity contribution in [3.63, 3.8) is 0 Å². The zero-order valence-corrected chi connectivity index (χ0v) is 17.3. The van der Waals surface area contributed by atoms with E-state index in [-0.39, 0.29) is 0 Å². The van der Waals surface area contributed by atoms with Crippen LogP contribution in [0.4, 0.5) is 0 Å². The minimum Gasteiger partial charge on any atom is -0.455 e. The molecule has 0 radical (unpaired) electrons. The second kappa shape index (κ2) is 6.81. The molecule has 0 atom stereocenters. The highest BCUT2D eigenvalue weighted by molar-refractivity contribution is 6.09. The fraction of sp³-hybridized carbons (Fsp3) is 0.111. The average Bonchev–Trinajstić information content (AvgIpc) is 3.37. The van der Waals surface area contributed by atoms with Gasteiger partial charge in [-0.05, 0) is 41.8 Å². The van der Waals surface area contributed by atoms with Crippen molar-refractivity contribution >= 4 is 33.0 Å². The summed E-state index contributed by atoms with van der Waals surface area (Å²) < 4.78 is 16.9. The smallest absolute Gasteiger partial charge is 0.149 e. The third kappa shape index (κ3) is 2.76. The van der Waals surface area contributed by atoms with Crippen LogP contribution in [0.5, 0.6) is 0 Å². The fourth-order valence-electron chi connectivity index (χ4n) is 4.24. The number of fused-ring (bicyclic) bond motifs is 4. The Morgan fingerprint density at radius 2 is 1.81 bits per heavy atom. The Labute approximate surface area is 181 Å². The van der Waals surface area contributed by atoms with E-state index in [9.17, 15) is 0 Å². The second-order valence-electron chi connectivity index (χ2n) is 7.97. The van der Waals surface area contributed by atoms with Crippen LogP contribution in [-0.4, -0.2) is 14.5 Å². The van der Waals surface area contributed by atoms with Crippen molar-refractivity contribution in [2.24, 2.45) is 0 Å². The Morgan fingerprint density at radius 3 is 2.65 bits per heavy atom. The highest BCUT2D eigenvalue weighted by Crippen LogP contribution is 2.38. The number of pyridine rings is 1. The van der Waals surface area contributed by atoms with Gasteiger partial charge in [0, 0.05) is 24.0 Å². The number of furan rings is 1. The fourth-order valence-corrected chi connectivity index (χ4v) is 4.24. The van der Waals surface area contributed by atoms with Crippen LogP contribution in [0.2, 0.25) is 0 Å². The van der Waals surface area contributed by atoms with Crippen LogP contribution in [0.15, 0.2) is 89.6 Å². The Bertz CT molecular complexity index is 1610. The Kier molecular flexibility index (Phi) is 3.70. The van der Waals surface area contributed by atoms with Gasteiger partial charge in [-0.25, -0.2) is 4.98 Å². The van der Waals surface area contributed by atoms with Crippen LogP contribution in [-0.2, 0) is 0 Å². The number of hydrogen-bond acceptors (Lipinski definition) is 3. The third-order valence-electron chi connectivity index (χ3n) is 5.79. The largest absolute Gasteiger partial charge is 0.455 e. The molecule has 31 heavy (non-hydrogen) atoms. The predicted octanol–water partition coefficient (Wildman–Crippen LogP) is 7.11. The van der Waals surface area contributed by atoms with Crippen LogP contribution >= 0.6 is 0 Å². The standard InChI is InChI=1S/C27H21N3O/c1-17(2)18-11-12-20-21-9-6-10-22(26(21)31-25(20)15-18)27-29-23-16-28-14-13-24(23)30(27)19-7-4-3-5-8-19/h3-17H,1-2H3/i17D. The van der Waals surface area contributed by atoms with E-state index < -0.39 is 5.89 Å². The molecule has 0 aliphatic heterocycles. The first-order valence-corrected chi connectivity index (χ1v) is 10.3. The van der Waals surface area contributed by atoms with E-state index in [2.05, 4.69) is 33.8 Å². The molecule has 4 nitrogen and oxygen atoms in total. The van der Waals surface area contributed by atoms with Gasteiger partial charge in [0.15, 0.2) is 0 Å². The van der Waals surface area contributed by atoms with Gasteiger partial charge in [-0.3, -0.25) is 9.55 Å². The third-order valence-corrected chi connectivity index (χ3v) is 5.79. The molecule has 0 aliphatic carbocycles. The van der Waals surface area contributed by atoms with Gasteiger partial charge in [0.2, 0.25) is 0 Å². The van der Waals surface area contributed by atoms with E-state index in [0.29, 0.717) is 0 Å². The van der Waals surface area contributed by atoms with E-state index in [1.54, 1.807) is 12.4 Å². The van der Waals surface area contributed by atoms with Gasteiger partial charge >= 0.3 is 0 Å². The molecule has 0 saturated carbocycles. The molecule has 0 amide bonds. The van der Waals surface area contributed by atoms with Gasteiger partial charge < -0.3 is 4.42 Å². The van der Waals surface area contributed by atoms with Crippen LogP contribution in [0.3, 0.4) is 0 Å². The SMILES string of the molecule is [2H]C(C)(C)c1ccc2c(c1)oc1c(-c3nc4cnccc4n3-c3ccccc3)cccc12. The van der Waals surface area contributed by atoms with Crippen molar-refractivity contribution in [2.45, 2.75) is 19.7 Å². The van der Waals surface area contributed by atoms with Crippen molar-refractivity contribution in [3.8, 4) is 17.1 Å². The minimum atomic E-state index is -0.690. The number of para-hydroxylation sites is 2. The van der Waals surface area contributed by atoms with Crippen molar-refractivity contribution in [1.29, 1.82) is 0 Å². The molecule has 0 unspecified atom stereocenters. The van der Waals surface area contributed by atoms with Gasteiger partial charge in [0.1, 0.15) is 22.5 Å². The molecular weight excluding hydrogens is 382 g/mol. The molecule has 0 saturated heterocycles. The summed E-state index contributed by atoms with van der Waals surface area (Å²) in [6.07, 6.45) is 3.58.